The SMILES string of the molecule is C/N=C(\C)CCCOc1cc(C)c(-c2cccc(COc3cc4c(cn3)[C@H]3[C@@H](C4)[C@@H]3C(=O)O)c2)c(C)c1. The Balaban J connectivity index is 1.23. The number of hydrogen-bond acceptors (Lipinski definition) is 5. The van der Waals surface area contributed by atoms with Crippen molar-refractivity contribution < 1.29 is 19.4 Å². The first-order chi connectivity index (χ1) is 17.9. The molecule has 0 bridgehead atoms. The summed E-state index contributed by atoms with van der Waals surface area (Å²) in [6, 6.07) is 14.6. The summed E-state index contributed by atoms with van der Waals surface area (Å²) in [5.41, 5.74) is 9.19. The van der Waals surface area contributed by atoms with Gasteiger partial charge in [-0.2, -0.15) is 0 Å². The van der Waals surface area contributed by atoms with Crippen LogP contribution < -0.4 is 9.47 Å². The van der Waals surface area contributed by atoms with Crippen LogP contribution in [0.2, 0.25) is 0 Å². The summed E-state index contributed by atoms with van der Waals surface area (Å²) in [5.74, 6) is 0.923. The quantitative estimate of drug-likeness (QED) is 0.267. The lowest BCUT2D eigenvalue weighted by Gasteiger charge is -2.15. The molecule has 0 amide bonds. The van der Waals surface area contributed by atoms with Crippen molar-refractivity contribution in [1.29, 1.82) is 0 Å². The maximum atomic E-state index is 11.3. The number of pyridine rings is 1. The van der Waals surface area contributed by atoms with Gasteiger partial charge in [-0.1, -0.05) is 18.2 Å². The molecule has 1 aromatic heterocycles. The number of aliphatic imine (C=N–C) groups is 1. The van der Waals surface area contributed by atoms with E-state index in [0.717, 1.165) is 47.4 Å². The van der Waals surface area contributed by atoms with E-state index in [4.69, 9.17) is 9.47 Å². The number of rotatable bonds is 10. The normalized spacial score (nSPS) is 19.8. The van der Waals surface area contributed by atoms with Gasteiger partial charge >= 0.3 is 5.97 Å². The van der Waals surface area contributed by atoms with E-state index in [9.17, 15) is 9.90 Å². The highest BCUT2D eigenvalue weighted by atomic mass is 16.5. The van der Waals surface area contributed by atoms with Crippen LogP contribution in [0.3, 0.4) is 0 Å². The molecule has 1 heterocycles. The summed E-state index contributed by atoms with van der Waals surface area (Å²) >= 11 is 0. The van der Waals surface area contributed by atoms with E-state index in [1.807, 2.05) is 26.2 Å². The predicted molar refractivity (Wildman–Crippen MR) is 145 cm³/mol. The highest BCUT2D eigenvalue weighted by Crippen LogP contribution is 2.61. The van der Waals surface area contributed by atoms with E-state index in [1.165, 1.54) is 22.3 Å². The molecule has 37 heavy (non-hydrogen) atoms. The Morgan fingerprint density at radius 2 is 1.92 bits per heavy atom. The molecule has 6 heteroatoms. The van der Waals surface area contributed by atoms with Crippen LogP contribution in [0, 0.1) is 25.7 Å². The van der Waals surface area contributed by atoms with Gasteiger partial charge in [-0.15, -0.1) is 0 Å². The summed E-state index contributed by atoms with van der Waals surface area (Å²) in [7, 11) is 1.83. The van der Waals surface area contributed by atoms with Crippen molar-refractivity contribution in [2.75, 3.05) is 13.7 Å². The number of aliphatic carboxylic acids is 1. The standard InChI is InChI=1S/C31H34N2O4/c1-18-11-24(36-10-6-7-20(3)32-4)12-19(2)28(18)22-9-5-8-21(13-22)17-37-27-15-23-14-25-29(26(23)16-33-27)30(25)31(34)35/h5,8-9,11-13,15-16,25,29-30H,6-7,10,14,17H2,1-4H3,(H,34,35)/b32-20+/t25-,29-,30+/m1/s1. The average molecular weight is 499 g/mol. The maximum absolute atomic E-state index is 11.3. The van der Waals surface area contributed by atoms with E-state index in [-0.39, 0.29) is 17.8 Å². The lowest BCUT2D eigenvalue weighted by molar-refractivity contribution is -0.139. The molecule has 0 saturated heterocycles. The van der Waals surface area contributed by atoms with E-state index in [1.54, 1.807) is 0 Å². The molecule has 6 nitrogen and oxygen atoms in total. The van der Waals surface area contributed by atoms with E-state index >= 15 is 0 Å². The van der Waals surface area contributed by atoms with Crippen molar-refractivity contribution in [2.45, 2.75) is 52.6 Å². The van der Waals surface area contributed by atoms with Gasteiger partial charge in [0.2, 0.25) is 5.88 Å². The lowest BCUT2D eigenvalue weighted by Crippen LogP contribution is -2.06. The van der Waals surface area contributed by atoms with Gasteiger partial charge in [-0.3, -0.25) is 9.79 Å². The van der Waals surface area contributed by atoms with E-state index in [2.05, 4.69) is 60.2 Å². The molecule has 3 aromatic rings. The molecule has 0 aliphatic heterocycles. The molecule has 5 rings (SSSR count). The Hall–Kier alpha value is -3.67. The zero-order chi connectivity index (χ0) is 26.1. The highest BCUT2D eigenvalue weighted by molar-refractivity contribution is 5.81. The molecule has 0 spiro atoms. The molecule has 2 aliphatic carbocycles. The van der Waals surface area contributed by atoms with Crippen LogP contribution in [-0.2, 0) is 17.8 Å². The van der Waals surface area contributed by atoms with Crippen LogP contribution in [-0.4, -0.2) is 35.4 Å². The molecule has 3 atom stereocenters. The third-order valence-corrected chi connectivity index (χ3v) is 7.71. The van der Waals surface area contributed by atoms with Gasteiger partial charge in [0.25, 0.3) is 0 Å². The minimum Gasteiger partial charge on any atom is -0.494 e. The number of aromatic nitrogens is 1. The van der Waals surface area contributed by atoms with Crippen molar-refractivity contribution in [3.63, 3.8) is 0 Å². The van der Waals surface area contributed by atoms with Crippen molar-refractivity contribution >= 4 is 11.7 Å². The molecule has 1 saturated carbocycles. The predicted octanol–water partition coefficient (Wildman–Crippen LogP) is 6.16. The van der Waals surface area contributed by atoms with Crippen LogP contribution in [0.25, 0.3) is 11.1 Å². The second-order valence-electron chi connectivity index (χ2n) is 10.3. The van der Waals surface area contributed by atoms with Gasteiger partial charge in [-0.05, 0) is 103 Å². The number of hydrogen-bond donors (Lipinski definition) is 1. The Bertz CT molecular complexity index is 1340. The monoisotopic (exact) mass is 498 g/mol. The summed E-state index contributed by atoms with van der Waals surface area (Å²) in [5, 5.41) is 9.32. The number of fused-ring (bicyclic) bond motifs is 3. The molecular formula is C31H34N2O4. The molecule has 2 aliphatic rings. The number of carbonyl (C=O) groups is 1. The number of nitrogens with zero attached hydrogens (tertiary/aromatic N) is 2. The summed E-state index contributed by atoms with van der Waals surface area (Å²) < 4.78 is 12.0. The maximum Gasteiger partial charge on any atom is 0.307 e. The van der Waals surface area contributed by atoms with Gasteiger partial charge in [-0.25, -0.2) is 4.98 Å². The van der Waals surface area contributed by atoms with Gasteiger partial charge < -0.3 is 14.6 Å². The van der Waals surface area contributed by atoms with Crippen LogP contribution in [0.4, 0.5) is 0 Å². The number of benzene rings is 2. The smallest absolute Gasteiger partial charge is 0.307 e. The molecule has 192 valence electrons. The van der Waals surface area contributed by atoms with Crippen LogP contribution in [0.15, 0.2) is 53.7 Å². The second-order valence-corrected chi connectivity index (χ2v) is 10.3. The summed E-state index contributed by atoms with van der Waals surface area (Å²) in [6.45, 7) is 7.39. The Morgan fingerprint density at radius 1 is 1.14 bits per heavy atom. The van der Waals surface area contributed by atoms with Crippen molar-refractivity contribution in [3.8, 4) is 22.8 Å². The Labute approximate surface area is 218 Å². The minimum absolute atomic E-state index is 0.133. The zero-order valence-electron chi connectivity index (χ0n) is 22.0. The van der Waals surface area contributed by atoms with Crippen molar-refractivity contribution in [3.05, 3.63) is 76.5 Å². The minimum atomic E-state index is -0.693. The summed E-state index contributed by atoms with van der Waals surface area (Å²) in [6.07, 6.45) is 4.52. The fourth-order valence-electron chi connectivity index (χ4n) is 5.75. The molecular weight excluding hydrogens is 464 g/mol. The number of carboxylic acids is 1. The average Bonchev–Trinajstić information content (AvgIpc) is 3.47. The fraction of sp³-hybridized carbons (Fsp3) is 0.387. The van der Waals surface area contributed by atoms with Gasteiger partial charge in [0.15, 0.2) is 0 Å². The van der Waals surface area contributed by atoms with Gasteiger partial charge in [0.05, 0.1) is 12.5 Å². The molecule has 1 fully saturated rings. The number of ether oxygens (including phenoxy) is 2. The second kappa shape index (κ2) is 10.4. The first kappa shape index (κ1) is 25.0. The number of carboxylic acid groups (broad SMARTS) is 1. The molecule has 2 aromatic carbocycles. The third kappa shape index (κ3) is 5.24. The van der Waals surface area contributed by atoms with E-state index < -0.39 is 5.97 Å². The topological polar surface area (TPSA) is 81.0 Å². The van der Waals surface area contributed by atoms with E-state index in [0.29, 0.717) is 19.1 Å². The highest BCUT2D eigenvalue weighted by Gasteiger charge is 2.59. The van der Waals surface area contributed by atoms with Crippen molar-refractivity contribution in [1.82, 2.24) is 4.98 Å². The fourth-order valence-corrected chi connectivity index (χ4v) is 5.75. The molecule has 1 N–H and O–H groups in total. The first-order valence-corrected chi connectivity index (χ1v) is 13.0. The Morgan fingerprint density at radius 3 is 2.65 bits per heavy atom. The number of aryl methyl sites for hydroxylation is 2. The lowest BCUT2D eigenvalue weighted by atomic mass is 9.94. The first-order valence-electron chi connectivity index (χ1n) is 13.0. The van der Waals surface area contributed by atoms with Gasteiger partial charge in [0.1, 0.15) is 12.4 Å². The molecule has 0 radical (unpaired) electrons. The zero-order valence-corrected chi connectivity index (χ0v) is 22.0. The van der Waals surface area contributed by atoms with Crippen LogP contribution >= 0.6 is 0 Å². The Kier molecular flexibility index (Phi) is 7.00. The van der Waals surface area contributed by atoms with Crippen LogP contribution in [0.1, 0.15) is 53.5 Å². The van der Waals surface area contributed by atoms with Crippen molar-refractivity contribution in [2.24, 2.45) is 16.8 Å². The summed E-state index contributed by atoms with van der Waals surface area (Å²) in [4.78, 5) is 20.0. The largest absolute Gasteiger partial charge is 0.494 e. The van der Waals surface area contributed by atoms with Gasteiger partial charge in [0, 0.05) is 30.9 Å². The molecule has 0 unspecified atom stereocenters. The van der Waals surface area contributed by atoms with Crippen LogP contribution in [0.5, 0.6) is 11.6 Å². The third-order valence-electron chi connectivity index (χ3n) is 7.71.